The van der Waals surface area contributed by atoms with Crippen molar-refractivity contribution in [2.75, 3.05) is 13.1 Å². The molecule has 2 aromatic heterocycles. The molecule has 3 heterocycles. The summed E-state index contributed by atoms with van der Waals surface area (Å²) in [7, 11) is 0. The lowest BCUT2D eigenvalue weighted by Crippen LogP contribution is -2.32. The van der Waals surface area contributed by atoms with Gasteiger partial charge in [-0.1, -0.05) is 52.9 Å². The van der Waals surface area contributed by atoms with Gasteiger partial charge in [0.1, 0.15) is 17.8 Å². The zero-order valence-electron chi connectivity index (χ0n) is 15.2. The van der Waals surface area contributed by atoms with E-state index < -0.39 is 0 Å². The minimum Gasteiger partial charge on any atom is -0.339 e. The molecule has 2 aromatic carbocycles. The zero-order valence-corrected chi connectivity index (χ0v) is 15.2. The number of likely N-dealkylation sites (tertiary alicyclic amines) is 1. The predicted molar refractivity (Wildman–Crippen MR) is 103 cm³/mol. The summed E-state index contributed by atoms with van der Waals surface area (Å²) in [5.74, 6) is 0.0431. The Balaban J connectivity index is 1.27. The van der Waals surface area contributed by atoms with Crippen LogP contribution in [-0.2, 0) is 11.3 Å². The van der Waals surface area contributed by atoms with E-state index >= 15 is 0 Å². The maximum Gasteiger partial charge on any atom is 0.244 e. The lowest BCUT2D eigenvalue weighted by atomic mass is 10.2. The van der Waals surface area contributed by atoms with Gasteiger partial charge in [0.05, 0.1) is 17.8 Å². The van der Waals surface area contributed by atoms with E-state index in [0.29, 0.717) is 13.1 Å². The Morgan fingerprint density at radius 3 is 2.71 bits per heavy atom. The fourth-order valence-corrected chi connectivity index (χ4v) is 3.64. The van der Waals surface area contributed by atoms with E-state index in [9.17, 15) is 4.79 Å². The summed E-state index contributed by atoms with van der Waals surface area (Å²) in [6.45, 7) is 1.53. The molecular weight excluding hydrogens is 354 g/mol. The first-order valence-corrected chi connectivity index (χ1v) is 9.31. The number of amides is 1. The van der Waals surface area contributed by atoms with E-state index in [1.165, 1.54) is 0 Å². The highest BCUT2D eigenvalue weighted by molar-refractivity contribution is 5.80. The molecule has 28 heavy (non-hydrogen) atoms. The molecule has 8 nitrogen and oxygen atoms in total. The Labute approximate surface area is 161 Å². The molecule has 0 saturated carbocycles. The fourth-order valence-electron chi connectivity index (χ4n) is 3.64. The van der Waals surface area contributed by atoms with Crippen LogP contribution in [0.4, 0.5) is 0 Å². The van der Waals surface area contributed by atoms with Gasteiger partial charge in [0.15, 0.2) is 0 Å². The second kappa shape index (κ2) is 6.88. The monoisotopic (exact) mass is 373 g/mol. The minimum absolute atomic E-state index is 0.0431. The zero-order chi connectivity index (χ0) is 18.9. The van der Waals surface area contributed by atoms with Gasteiger partial charge < -0.3 is 4.90 Å². The summed E-state index contributed by atoms with van der Waals surface area (Å²) in [5.41, 5.74) is 3.55. The van der Waals surface area contributed by atoms with Gasteiger partial charge in [0.25, 0.3) is 0 Å². The number of carbonyl (C=O) groups is 1. The molecule has 0 spiro atoms. The molecule has 1 aliphatic heterocycles. The van der Waals surface area contributed by atoms with Crippen LogP contribution in [0.2, 0.25) is 0 Å². The summed E-state index contributed by atoms with van der Waals surface area (Å²) in [6, 6.07) is 17.8. The van der Waals surface area contributed by atoms with Crippen molar-refractivity contribution >= 4 is 16.9 Å². The molecule has 0 unspecified atom stereocenters. The van der Waals surface area contributed by atoms with Crippen LogP contribution in [0, 0.1) is 0 Å². The third-order valence-electron chi connectivity index (χ3n) is 5.18. The molecule has 0 N–H and O–H groups in total. The molecule has 140 valence electrons. The molecule has 1 atom stereocenters. The molecule has 1 amide bonds. The highest BCUT2D eigenvalue weighted by atomic mass is 16.2. The van der Waals surface area contributed by atoms with Crippen molar-refractivity contribution in [3.8, 4) is 11.3 Å². The molecule has 5 rings (SSSR count). The molecule has 0 radical (unpaired) electrons. The number of para-hydroxylation sites is 1. The van der Waals surface area contributed by atoms with E-state index in [1.54, 1.807) is 4.68 Å². The van der Waals surface area contributed by atoms with Crippen LogP contribution in [0.15, 0.2) is 60.8 Å². The summed E-state index contributed by atoms with van der Waals surface area (Å²) in [4.78, 5) is 14.6. The van der Waals surface area contributed by atoms with Crippen LogP contribution >= 0.6 is 0 Å². The SMILES string of the molecule is O=C(Cn1nnc2ccccc21)N1CC[C@H](n2cc(-c3ccccc3)nn2)C1. The number of hydrogen-bond acceptors (Lipinski definition) is 5. The maximum atomic E-state index is 12.8. The lowest BCUT2D eigenvalue weighted by Gasteiger charge is -2.16. The van der Waals surface area contributed by atoms with Crippen LogP contribution in [0.1, 0.15) is 12.5 Å². The van der Waals surface area contributed by atoms with Gasteiger partial charge >= 0.3 is 0 Å². The van der Waals surface area contributed by atoms with Crippen molar-refractivity contribution in [1.82, 2.24) is 34.9 Å². The number of aromatic nitrogens is 6. The molecule has 1 saturated heterocycles. The predicted octanol–water partition coefficient (Wildman–Crippen LogP) is 2.16. The second-order valence-electron chi connectivity index (χ2n) is 6.97. The maximum absolute atomic E-state index is 12.8. The number of carbonyl (C=O) groups excluding carboxylic acids is 1. The molecular formula is C20H19N7O. The van der Waals surface area contributed by atoms with Crippen LogP contribution in [0.5, 0.6) is 0 Å². The third kappa shape index (κ3) is 3.02. The van der Waals surface area contributed by atoms with E-state index in [-0.39, 0.29) is 18.5 Å². The molecule has 1 fully saturated rings. The van der Waals surface area contributed by atoms with Crippen molar-refractivity contribution in [3.63, 3.8) is 0 Å². The molecule has 4 aromatic rings. The first-order chi connectivity index (χ1) is 13.8. The van der Waals surface area contributed by atoms with E-state index in [0.717, 1.165) is 28.7 Å². The third-order valence-corrected chi connectivity index (χ3v) is 5.18. The Bertz CT molecular complexity index is 1120. The second-order valence-corrected chi connectivity index (χ2v) is 6.97. The van der Waals surface area contributed by atoms with Crippen LogP contribution in [-0.4, -0.2) is 53.9 Å². The van der Waals surface area contributed by atoms with Gasteiger partial charge in [-0.3, -0.25) is 4.79 Å². The van der Waals surface area contributed by atoms with Gasteiger partial charge in [-0.15, -0.1) is 10.2 Å². The quantitative estimate of drug-likeness (QED) is 0.548. The summed E-state index contributed by atoms with van der Waals surface area (Å²) < 4.78 is 3.54. The Morgan fingerprint density at radius 1 is 1.00 bits per heavy atom. The van der Waals surface area contributed by atoms with Gasteiger partial charge in [-0.25, -0.2) is 9.36 Å². The van der Waals surface area contributed by atoms with Crippen molar-refractivity contribution in [1.29, 1.82) is 0 Å². The van der Waals surface area contributed by atoms with Crippen LogP contribution in [0.25, 0.3) is 22.3 Å². The lowest BCUT2D eigenvalue weighted by molar-refractivity contribution is -0.131. The summed E-state index contributed by atoms with van der Waals surface area (Å²) in [6.07, 6.45) is 2.82. The highest BCUT2D eigenvalue weighted by Crippen LogP contribution is 2.24. The van der Waals surface area contributed by atoms with Crippen LogP contribution < -0.4 is 0 Å². The molecule has 0 bridgehead atoms. The van der Waals surface area contributed by atoms with Gasteiger partial charge in [0, 0.05) is 18.7 Å². The molecule has 8 heteroatoms. The number of fused-ring (bicyclic) bond motifs is 1. The van der Waals surface area contributed by atoms with E-state index in [4.69, 9.17) is 0 Å². The number of hydrogen-bond donors (Lipinski definition) is 0. The molecule has 0 aliphatic carbocycles. The smallest absolute Gasteiger partial charge is 0.244 e. The van der Waals surface area contributed by atoms with E-state index in [2.05, 4.69) is 20.6 Å². The molecule has 1 aliphatic rings. The Kier molecular flexibility index (Phi) is 4.08. The van der Waals surface area contributed by atoms with Crippen molar-refractivity contribution in [3.05, 3.63) is 60.8 Å². The standard InChI is InChI=1S/C20H19N7O/c28-20(14-27-19-9-5-4-8-17(19)21-24-27)25-11-10-16(12-25)26-13-18(22-23-26)15-6-2-1-3-7-15/h1-9,13,16H,10-12,14H2/t16-/m0/s1. The van der Waals surface area contributed by atoms with Crippen molar-refractivity contribution < 1.29 is 4.79 Å². The Hall–Kier alpha value is -3.55. The van der Waals surface area contributed by atoms with Gasteiger partial charge in [-0.2, -0.15) is 0 Å². The normalized spacial score (nSPS) is 16.7. The average molecular weight is 373 g/mol. The van der Waals surface area contributed by atoms with Crippen molar-refractivity contribution in [2.45, 2.75) is 19.0 Å². The number of rotatable bonds is 4. The van der Waals surface area contributed by atoms with Gasteiger partial charge in [0.2, 0.25) is 5.91 Å². The highest BCUT2D eigenvalue weighted by Gasteiger charge is 2.28. The topological polar surface area (TPSA) is 81.7 Å². The fraction of sp³-hybridized carbons (Fsp3) is 0.250. The minimum atomic E-state index is 0.0431. The average Bonchev–Trinajstić information content (AvgIpc) is 3.48. The summed E-state index contributed by atoms with van der Waals surface area (Å²) >= 11 is 0. The first-order valence-electron chi connectivity index (χ1n) is 9.31. The van der Waals surface area contributed by atoms with Crippen LogP contribution in [0.3, 0.4) is 0 Å². The Morgan fingerprint density at radius 2 is 1.82 bits per heavy atom. The number of benzene rings is 2. The van der Waals surface area contributed by atoms with Crippen molar-refractivity contribution in [2.24, 2.45) is 0 Å². The van der Waals surface area contributed by atoms with Gasteiger partial charge in [-0.05, 0) is 18.6 Å². The first kappa shape index (κ1) is 16.6. The number of nitrogens with zero attached hydrogens (tertiary/aromatic N) is 7. The largest absolute Gasteiger partial charge is 0.339 e. The van der Waals surface area contributed by atoms with E-state index in [1.807, 2.05) is 70.4 Å². The summed E-state index contributed by atoms with van der Waals surface area (Å²) in [5, 5.41) is 16.8.